The Bertz CT molecular complexity index is 1440. The molecule has 0 saturated carbocycles. The highest BCUT2D eigenvalue weighted by Crippen LogP contribution is 2.26. The molecule has 0 saturated heterocycles. The zero-order valence-electron chi connectivity index (χ0n) is 14.9. The van der Waals surface area contributed by atoms with Crippen LogP contribution in [0.4, 0.5) is 11.4 Å². The molecule has 140 valence electrons. The number of carbonyl (C=O) groups excluding carboxylic acids is 1. The Labute approximate surface area is 163 Å². The lowest BCUT2D eigenvalue weighted by Crippen LogP contribution is -2.11. The van der Waals surface area contributed by atoms with E-state index in [2.05, 4.69) is 20.3 Å². The lowest BCUT2D eigenvalue weighted by Gasteiger charge is -2.05. The molecule has 0 spiro atoms. The number of fused-ring (bicyclic) bond motifs is 4. The first-order valence-corrected chi connectivity index (χ1v) is 8.82. The van der Waals surface area contributed by atoms with Gasteiger partial charge in [-0.05, 0) is 36.4 Å². The number of nitrogens with zero attached hydrogens (tertiary/aromatic N) is 3. The number of hydrogen-bond donors (Lipinski definition) is 2. The maximum atomic E-state index is 12.7. The predicted molar refractivity (Wildman–Crippen MR) is 110 cm³/mol. The van der Waals surface area contributed by atoms with Gasteiger partial charge in [-0.3, -0.25) is 14.9 Å². The van der Waals surface area contributed by atoms with Gasteiger partial charge in [-0.15, -0.1) is 0 Å². The van der Waals surface area contributed by atoms with Crippen LogP contribution in [0, 0.1) is 10.1 Å². The number of rotatable bonds is 3. The molecule has 0 unspecified atom stereocenters. The number of para-hydroxylation sites is 2. The Hall–Kier alpha value is -4.33. The maximum absolute atomic E-state index is 12.7. The Morgan fingerprint density at radius 1 is 0.966 bits per heavy atom. The number of hydrogen-bond acceptors (Lipinski definition) is 5. The summed E-state index contributed by atoms with van der Waals surface area (Å²) in [7, 11) is 0. The zero-order valence-corrected chi connectivity index (χ0v) is 14.9. The minimum atomic E-state index is -0.503. The summed E-state index contributed by atoms with van der Waals surface area (Å²) in [5.41, 5.74) is 4.40. The highest BCUT2D eigenvalue weighted by molar-refractivity contribution is 6.11. The van der Waals surface area contributed by atoms with Crippen LogP contribution in [-0.4, -0.2) is 25.8 Å². The van der Waals surface area contributed by atoms with Crippen LogP contribution in [0.3, 0.4) is 0 Å². The molecule has 5 aromatic rings. The molecule has 2 aromatic heterocycles. The van der Waals surface area contributed by atoms with E-state index in [1.165, 1.54) is 18.2 Å². The molecule has 1 amide bonds. The standard InChI is InChI=1S/C21H13N5O3/c27-21(22-13-4-3-5-14(11-13)26(28)29)12-8-9-16-15(10-12)19-20(24-16)25-18-7-2-1-6-17(18)23-19/h1-11H,(H,22,27)(H,24,25). The van der Waals surface area contributed by atoms with E-state index in [0.717, 1.165) is 21.9 Å². The van der Waals surface area contributed by atoms with Gasteiger partial charge in [0, 0.05) is 34.3 Å². The number of nitrogens with one attached hydrogen (secondary N) is 2. The van der Waals surface area contributed by atoms with E-state index in [9.17, 15) is 14.9 Å². The number of non-ortho nitro benzene ring substituents is 1. The Kier molecular flexibility index (Phi) is 3.70. The van der Waals surface area contributed by atoms with E-state index in [1.54, 1.807) is 24.3 Å². The van der Waals surface area contributed by atoms with Gasteiger partial charge in [0.1, 0.15) is 5.52 Å². The van der Waals surface area contributed by atoms with Gasteiger partial charge < -0.3 is 10.3 Å². The molecule has 5 rings (SSSR count). The van der Waals surface area contributed by atoms with Gasteiger partial charge in [-0.2, -0.15) is 0 Å². The molecule has 0 fully saturated rings. The number of nitro groups is 1. The molecule has 0 radical (unpaired) electrons. The van der Waals surface area contributed by atoms with E-state index < -0.39 is 4.92 Å². The Balaban J connectivity index is 1.55. The number of H-pyrrole nitrogens is 1. The summed E-state index contributed by atoms with van der Waals surface area (Å²) in [5, 5.41) is 14.4. The fourth-order valence-electron chi connectivity index (χ4n) is 3.29. The van der Waals surface area contributed by atoms with E-state index >= 15 is 0 Å². The van der Waals surface area contributed by atoms with Gasteiger partial charge in [0.05, 0.1) is 16.0 Å². The molecule has 8 nitrogen and oxygen atoms in total. The fourth-order valence-corrected chi connectivity index (χ4v) is 3.29. The van der Waals surface area contributed by atoms with Crippen LogP contribution in [0.2, 0.25) is 0 Å². The van der Waals surface area contributed by atoms with Crippen LogP contribution in [0.5, 0.6) is 0 Å². The number of aromatic amines is 1. The molecule has 2 heterocycles. The maximum Gasteiger partial charge on any atom is 0.271 e. The monoisotopic (exact) mass is 383 g/mol. The van der Waals surface area contributed by atoms with Crippen LogP contribution in [-0.2, 0) is 0 Å². The highest BCUT2D eigenvalue weighted by atomic mass is 16.6. The van der Waals surface area contributed by atoms with Crippen molar-refractivity contribution in [2.24, 2.45) is 0 Å². The largest absolute Gasteiger partial charge is 0.338 e. The van der Waals surface area contributed by atoms with Crippen molar-refractivity contribution in [3.8, 4) is 0 Å². The van der Waals surface area contributed by atoms with Gasteiger partial charge in [0.2, 0.25) is 0 Å². The lowest BCUT2D eigenvalue weighted by atomic mass is 10.1. The van der Waals surface area contributed by atoms with Crippen molar-refractivity contribution < 1.29 is 9.72 Å². The van der Waals surface area contributed by atoms with E-state index in [0.29, 0.717) is 22.4 Å². The highest BCUT2D eigenvalue weighted by Gasteiger charge is 2.14. The minimum Gasteiger partial charge on any atom is -0.338 e. The van der Waals surface area contributed by atoms with Gasteiger partial charge in [-0.1, -0.05) is 18.2 Å². The van der Waals surface area contributed by atoms with Crippen LogP contribution < -0.4 is 5.32 Å². The van der Waals surface area contributed by atoms with Crippen molar-refractivity contribution in [2.45, 2.75) is 0 Å². The average molecular weight is 383 g/mol. The number of amides is 1. The third kappa shape index (κ3) is 2.92. The number of carbonyl (C=O) groups is 1. The molecule has 0 bridgehead atoms. The molecule has 0 aliphatic heterocycles. The van der Waals surface area contributed by atoms with Crippen molar-refractivity contribution in [3.63, 3.8) is 0 Å². The second kappa shape index (κ2) is 6.38. The first-order valence-electron chi connectivity index (χ1n) is 8.82. The molecule has 29 heavy (non-hydrogen) atoms. The van der Waals surface area contributed by atoms with Crippen molar-refractivity contribution in [1.29, 1.82) is 0 Å². The van der Waals surface area contributed by atoms with Crippen molar-refractivity contribution in [1.82, 2.24) is 15.0 Å². The number of anilines is 1. The fraction of sp³-hybridized carbons (Fsp3) is 0. The van der Waals surface area contributed by atoms with Crippen molar-refractivity contribution in [2.75, 3.05) is 5.32 Å². The van der Waals surface area contributed by atoms with Gasteiger partial charge in [-0.25, -0.2) is 9.97 Å². The van der Waals surface area contributed by atoms with Crippen molar-refractivity contribution >= 4 is 50.4 Å². The van der Waals surface area contributed by atoms with E-state index in [-0.39, 0.29) is 11.6 Å². The summed E-state index contributed by atoms with van der Waals surface area (Å²) < 4.78 is 0. The summed E-state index contributed by atoms with van der Waals surface area (Å²) in [4.78, 5) is 35.6. The van der Waals surface area contributed by atoms with Crippen LogP contribution in [0.25, 0.3) is 33.1 Å². The molecular formula is C21H13N5O3. The second-order valence-corrected chi connectivity index (χ2v) is 6.56. The third-order valence-electron chi connectivity index (χ3n) is 4.68. The Morgan fingerprint density at radius 3 is 2.55 bits per heavy atom. The normalized spacial score (nSPS) is 11.2. The quantitative estimate of drug-likeness (QED) is 0.353. The first-order chi connectivity index (χ1) is 14.1. The van der Waals surface area contributed by atoms with Gasteiger partial charge in [0.15, 0.2) is 5.65 Å². The number of aromatic nitrogens is 3. The van der Waals surface area contributed by atoms with E-state index in [1.807, 2.05) is 24.3 Å². The molecular weight excluding hydrogens is 370 g/mol. The zero-order chi connectivity index (χ0) is 20.0. The predicted octanol–water partition coefficient (Wildman–Crippen LogP) is 4.42. The second-order valence-electron chi connectivity index (χ2n) is 6.56. The van der Waals surface area contributed by atoms with Crippen LogP contribution in [0.1, 0.15) is 10.4 Å². The lowest BCUT2D eigenvalue weighted by molar-refractivity contribution is -0.384. The van der Waals surface area contributed by atoms with Gasteiger partial charge >= 0.3 is 0 Å². The van der Waals surface area contributed by atoms with Gasteiger partial charge in [0.25, 0.3) is 11.6 Å². The molecule has 0 aliphatic carbocycles. The molecule has 0 aliphatic rings. The van der Waals surface area contributed by atoms with E-state index in [4.69, 9.17) is 0 Å². The van der Waals surface area contributed by atoms with Crippen LogP contribution >= 0.6 is 0 Å². The average Bonchev–Trinajstić information content (AvgIpc) is 3.08. The molecule has 3 aromatic carbocycles. The Morgan fingerprint density at radius 2 is 1.76 bits per heavy atom. The molecule has 8 heteroatoms. The number of nitro benzene ring substituents is 1. The summed E-state index contributed by atoms with van der Waals surface area (Å²) in [6, 6.07) is 18.6. The summed E-state index contributed by atoms with van der Waals surface area (Å²) >= 11 is 0. The third-order valence-corrected chi connectivity index (χ3v) is 4.68. The van der Waals surface area contributed by atoms with Crippen molar-refractivity contribution in [3.05, 3.63) is 82.4 Å². The topological polar surface area (TPSA) is 114 Å². The molecule has 2 N–H and O–H groups in total. The smallest absolute Gasteiger partial charge is 0.271 e. The summed E-state index contributed by atoms with van der Waals surface area (Å²) in [6.07, 6.45) is 0. The summed E-state index contributed by atoms with van der Waals surface area (Å²) in [5.74, 6) is -0.365. The summed E-state index contributed by atoms with van der Waals surface area (Å²) in [6.45, 7) is 0. The number of benzene rings is 3. The van der Waals surface area contributed by atoms with Crippen LogP contribution in [0.15, 0.2) is 66.7 Å². The SMILES string of the molecule is O=C(Nc1cccc([N+](=O)[O-])c1)c1ccc2[nH]c3nc4ccccc4nc3c2c1. The molecule has 0 atom stereocenters. The minimum absolute atomic E-state index is 0.0861. The first kappa shape index (κ1) is 16.8.